The maximum Gasteiger partial charge on any atom is 0.232 e. The minimum Gasteiger partial charge on any atom is -0.476 e. The molecule has 3 N–H and O–H groups in total. The van der Waals surface area contributed by atoms with Crippen molar-refractivity contribution >= 4 is 28.9 Å². The minimum absolute atomic E-state index is 0.419. The summed E-state index contributed by atoms with van der Waals surface area (Å²) in [5.41, 5.74) is 6.76. The number of nitrogens with two attached hydrogens (primary N) is 1. The van der Waals surface area contributed by atoms with Crippen molar-refractivity contribution in [1.82, 2.24) is 10.3 Å². The molecule has 5 nitrogen and oxygen atoms in total. The Kier molecular flexibility index (Phi) is 7.34. The van der Waals surface area contributed by atoms with E-state index in [0.29, 0.717) is 35.9 Å². The van der Waals surface area contributed by atoms with Crippen molar-refractivity contribution in [1.29, 1.82) is 0 Å². The third kappa shape index (κ3) is 6.37. The van der Waals surface area contributed by atoms with Crippen molar-refractivity contribution in [2.45, 2.75) is 26.8 Å². The van der Waals surface area contributed by atoms with Gasteiger partial charge in [0.1, 0.15) is 5.02 Å². The van der Waals surface area contributed by atoms with E-state index < -0.39 is 0 Å². The van der Waals surface area contributed by atoms with Gasteiger partial charge >= 0.3 is 0 Å². The smallest absolute Gasteiger partial charge is 0.232 e. The van der Waals surface area contributed by atoms with Crippen LogP contribution in [0, 0.1) is 5.92 Å². The van der Waals surface area contributed by atoms with Crippen LogP contribution in [0.25, 0.3) is 0 Å². The summed E-state index contributed by atoms with van der Waals surface area (Å²) in [6, 6.07) is 5.96. The lowest BCUT2D eigenvalue weighted by atomic mass is 10.2. The van der Waals surface area contributed by atoms with Gasteiger partial charge in [-0.2, -0.15) is 0 Å². The Hall–Kier alpha value is -1.79. The molecule has 0 spiro atoms. The molecule has 2 aromatic heterocycles. The zero-order valence-electron chi connectivity index (χ0n) is 14.0. The van der Waals surface area contributed by atoms with Gasteiger partial charge in [-0.05, 0) is 35.4 Å². The van der Waals surface area contributed by atoms with Gasteiger partial charge in [0.05, 0.1) is 13.2 Å². The molecule has 0 saturated carbocycles. The topological polar surface area (TPSA) is 72.5 Å². The number of aliphatic imine (C=N–C) groups is 1. The van der Waals surface area contributed by atoms with E-state index in [1.165, 1.54) is 4.88 Å². The Labute approximate surface area is 151 Å². The molecule has 0 unspecified atom stereocenters. The number of ether oxygens (including phenoxy) is 1. The molecule has 0 aliphatic carbocycles. The second kappa shape index (κ2) is 9.49. The fourth-order valence-corrected chi connectivity index (χ4v) is 2.86. The summed E-state index contributed by atoms with van der Waals surface area (Å²) in [6.07, 6.45) is 2.65. The fraction of sp³-hybridized carbons (Fsp3) is 0.412. The predicted molar refractivity (Wildman–Crippen MR) is 101 cm³/mol. The number of hydrogen-bond acceptors (Lipinski definition) is 4. The summed E-state index contributed by atoms with van der Waals surface area (Å²) in [6.45, 7) is 5.92. The van der Waals surface area contributed by atoms with Crippen LogP contribution in [0.4, 0.5) is 0 Å². The molecular formula is C17H23ClN4OS. The van der Waals surface area contributed by atoms with Crippen LogP contribution in [0.5, 0.6) is 5.88 Å². The van der Waals surface area contributed by atoms with Gasteiger partial charge in [0.25, 0.3) is 0 Å². The van der Waals surface area contributed by atoms with Crippen LogP contribution in [-0.2, 0) is 13.0 Å². The highest BCUT2D eigenvalue weighted by atomic mass is 35.5. The minimum atomic E-state index is 0.419. The quantitative estimate of drug-likeness (QED) is 0.554. The molecule has 0 aromatic carbocycles. The van der Waals surface area contributed by atoms with Crippen LogP contribution in [-0.4, -0.2) is 24.1 Å². The summed E-state index contributed by atoms with van der Waals surface area (Å²) < 4.78 is 5.55. The molecule has 0 atom stereocenters. The van der Waals surface area contributed by atoms with Gasteiger partial charge in [-0.25, -0.2) is 9.98 Å². The van der Waals surface area contributed by atoms with Crippen LogP contribution in [0.15, 0.2) is 34.8 Å². The molecule has 2 aromatic rings. The number of thiophene rings is 1. The van der Waals surface area contributed by atoms with E-state index in [0.717, 1.165) is 18.5 Å². The average Bonchev–Trinajstić information content (AvgIpc) is 3.05. The maximum atomic E-state index is 6.19. The van der Waals surface area contributed by atoms with Crippen molar-refractivity contribution in [2.24, 2.45) is 16.6 Å². The molecule has 0 radical (unpaired) electrons. The van der Waals surface area contributed by atoms with E-state index in [9.17, 15) is 0 Å². The summed E-state index contributed by atoms with van der Waals surface area (Å²) >= 11 is 7.93. The Bertz CT molecular complexity index is 659. The van der Waals surface area contributed by atoms with Gasteiger partial charge in [0.15, 0.2) is 5.96 Å². The number of halogens is 1. The van der Waals surface area contributed by atoms with Crippen LogP contribution < -0.4 is 15.8 Å². The molecular weight excluding hydrogens is 344 g/mol. The van der Waals surface area contributed by atoms with Gasteiger partial charge < -0.3 is 15.8 Å². The SMILES string of the molecule is CC(C)COc1ncc(CN=C(N)NCCc2cccs2)cc1Cl. The van der Waals surface area contributed by atoms with Crippen molar-refractivity contribution in [2.75, 3.05) is 13.2 Å². The molecule has 0 aliphatic heterocycles. The number of pyridine rings is 1. The summed E-state index contributed by atoms with van der Waals surface area (Å²) in [5, 5.41) is 5.67. The first-order valence-corrected chi connectivity index (χ1v) is 9.13. The molecule has 0 fully saturated rings. The van der Waals surface area contributed by atoms with Crippen LogP contribution in [0.2, 0.25) is 5.02 Å². The average molecular weight is 367 g/mol. The third-order valence-corrected chi connectivity index (χ3v) is 4.31. The summed E-state index contributed by atoms with van der Waals surface area (Å²) in [5.74, 6) is 1.30. The Morgan fingerprint density at radius 3 is 3.00 bits per heavy atom. The second-order valence-corrected chi connectivity index (χ2v) is 7.23. The molecule has 130 valence electrons. The molecule has 24 heavy (non-hydrogen) atoms. The van der Waals surface area contributed by atoms with Gasteiger partial charge in [0.2, 0.25) is 5.88 Å². The van der Waals surface area contributed by atoms with Crippen LogP contribution in [0.3, 0.4) is 0 Å². The molecule has 2 heterocycles. The highest BCUT2D eigenvalue weighted by Gasteiger charge is 2.06. The summed E-state index contributed by atoms with van der Waals surface area (Å²) in [4.78, 5) is 9.87. The van der Waals surface area contributed by atoms with Crippen molar-refractivity contribution in [3.8, 4) is 5.88 Å². The van der Waals surface area contributed by atoms with Crippen LogP contribution in [0.1, 0.15) is 24.3 Å². The first-order chi connectivity index (χ1) is 11.5. The van der Waals surface area contributed by atoms with Crippen LogP contribution >= 0.6 is 22.9 Å². The number of nitrogens with one attached hydrogen (secondary N) is 1. The van der Waals surface area contributed by atoms with E-state index >= 15 is 0 Å². The van der Waals surface area contributed by atoms with E-state index in [-0.39, 0.29) is 0 Å². The van der Waals surface area contributed by atoms with Crippen molar-refractivity contribution in [3.63, 3.8) is 0 Å². The number of guanidine groups is 1. The van der Waals surface area contributed by atoms with Crippen molar-refractivity contribution in [3.05, 3.63) is 45.2 Å². The normalized spacial score (nSPS) is 11.8. The number of rotatable bonds is 8. The number of hydrogen-bond donors (Lipinski definition) is 2. The largest absolute Gasteiger partial charge is 0.476 e. The van der Waals surface area contributed by atoms with E-state index in [4.69, 9.17) is 22.1 Å². The highest BCUT2D eigenvalue weighted by Crippen LogP contribution is 2.23. The van der Waals surface area contributed by atoms with E-state index in [1.807, 2.05) is 12.1 Å². The second-order valence-electron chi connectivity index (χ2n) is 5.79. The first kappa shape index (κ1) is 18.5. The molecule has 0 amide bonds. The fourth-order valence-electron chi connectivity index (χ4n) is 1.90. The Morgan fingerprint density at radius 1 is 1.50 bits per heavy atom. The van der Waals surface area contributed by atoms with Gasteiger partial charge in [-0.15, -0.1) is 11.3 Å². The standard InChI is InChI=1S/C17H23ClN4OS/c1-12(2)11-23-16-15(18)8-13(9-21-16)10-22-17(19)20-6-5-14-4-3-7-24-14/h3-4,7-9,12H,5-6,10-11H2,1-2H3,(H3,19,20,22). The molecule has 0 saturated heterocycles. The predicted octanol–water partition coefficient (Wildman–Crippen LogP) is 3.48. The number of nitrogens with zero attached hydrogens (tertiary/aromatic N) is 2. The lowest BCUT2D eigenvalue weighted by molar-refractivity contribution is 0.261. The third-order valence-electron chi connectivity index (χ3n) is 3.11. The molecule has 2 rings (SSSR count). The van der Waals surface area contributed by atoms with Gasteiger partial charge in [-0.3, -0.25) is 0 Å². The Balaban J connectivity index is 1.80. The van der Waals surface area contributed by atoms with Gasteiger partial charge in [0, 0.05) is 17.6 Å². The molecule has 7 heteroatoms. The lowest BCUT2D eigenvalue weighted by Crippen LogP contribution is -2.33. The maximum absolute atomic E-state index is 6.19. The van der Waals surface area contributed by atoms with E-state index in [1.54, 1.807) is 17.5 Å². The van der Waals surface area contributed by atoms with Crippen molar-refractivity contribution < 1.29 is 4.74 Å². The number of aromatic nitrogens is 1. The zero-order valence-corrected chi connectivity index (χ0v) is 15.5. The first-order valence-electron chi connectivity index (χ1n) is 7.88. The van der Waals surface area contributed by atoms with E-state index in [2.05, 4.69) is 40.6 Å². The lowest BCUT2D eigenvalue weighted by Gasteiger charge is -2.10. The van der Waals surface area contributed by atoms with Gasteiger partial charge in [-0.1, -0.05) is 31.5 Å². The molecule has 0 bridgehead atoms. The highest BCUT2D eigenvalue weighted by molar-refractivity contribution is 7.09. The zero-order chi connectivity index (χ0) is 17.4. The monoisotopic (exact) mass is 366 g/mol. The Morgan fingerprint density at radius 2 is 2.33 bits per heavy atom. The molecule has 0 aliphatic rings. The summed E-state index contributed by atoms with van der Waals surface area (Å²) in [7, 11) is 0.